The quantitative estimate of drug-likeness (QED) is 0.871. The van der Waals surface area contributed by atoms with E-state index in [0.29, 0.717) is 0 Å². The number of hydrogen-bond donors (Lipinski definition) is 1. The van der Waals surface area contributed by atoms with Crippen LogP contribution in [0.2, 0.25) is 0 Å². The largest absolute Gasteiger partial charge is 0.325 e. The highest BCUT2D eigenvalue weighted by molar-refractivity contribution is 5.35. The summed E-state index contributed by atoms with van der Waals surface area (Å²) in [5.41, 5.74) is 7.29. The third kappa shape index (κ3) is 3.08. The fraction of sp³-hybridized carbons (Fsp3) is 0.600. The third-order valence-electron chi connectivity index (χ3n) is 3.45. The maximum atomic E-state index is 14.1. The van der Waals surface area contributed by atoms with Crippen LogP contribution in [0.1, 0.15) is 49.8 Å². The molecule has 0 saturated heterocycles. The molecule has 0 aliphatic heterocycles. The third-order valence-corrected chi connectivity index (χ3v) is 3.45. The monoisotopic (exact) mass is 253 g/mol. The molecule has 0 saturated carbocycles. The lowest BCUT2D eigenvalue weighted by atomic mass is 9.87. The molecule has 1 aromatic carbocycles. The molecule has 3 heteroatoms. The van der Waals surface area contributed by atoms with Crippen molar-refractivity contribution in [2.75, 3.05) is 0 Å². The number of halogens is 2. The summed E-state index contributed by atoms with van der Waals surface area (Å²) < 4.78 is 28.3. The average Bonchev–Trinajstić information content (AvgIpc) is 2.25. The van der Waals surface area contributed by atoms with Crippen LogP contribution >= 0.6 is 0 Å². The Kier molecular flexibility index (Phi) is 3.45. The maximum Gasteiger partial charge on any atom is 0.275 e. The number of rotatable bonds is 3. The summed E-state index contributed by atoms with van der Waals surface area (Å²) in [5, 5.41) is 0. The smallest absolute Gasteiger partial charge is 0.275 e. The minimum absolute atomic E-state index is 0.113. The molecule has 0 unspecified atom stereocenters. The highest BCUT2D eigenvalue weighted by atomic mass is 19.3. The minimum atomic E-state index is -2.84. The topological polar surface area (TPSA) is 26.0 Å². The van der Waals surface area contributed by atoms with Gasteiger partial charge in [-0.1, -0.05) is 12.1 Å². The van der Waals surface area contributed by atoms with Crippen molar-refractivity contribution in [2.45, 2.75) is 57.4 Å². The first kappa shape index (κ1) is 13.5. The van der Waals surface area contributed by atoms with Gasteiger partial charge >= 0.3 is 0 Å². The number of benzene rings is 1. The Labute approximate surface area is 107 Å². The molecule has 18 heavy (non-hydrogen) atoms. The van der Waals surface area contributed by atoms with E-state index in [0.717, 1.165) is 24.8 Å². The van der Waals surface area contributed by atoms with Gasteiger partial charge in [-0.15, -0.1) is 0 Å². The highest BCUT2D eigenvalue weighted by Crippen LogP contribution is 2.37. The second-order valence-corrected chi connectivity index (χ2v) is 6.06. The van der Waals surface area contributed by atoms with E-state index in [1.807, 2.05) is 6.07 Å². The summed E-state index contributed by atoms with van der Waals surface area (Å²) in [6.07, 6.45) is 3.89. The molecule has 1 aliphatic carbocycles. The summed E-state index contributed by atoms with van der Waals surface area (Å²) in [6, 6.07) is 5.11. The summed E-state index contributed by atoms with van der Waals surface area (Å²) in [6.45, 7) is 3.28. The van der Waals surface area contributed by atoms with Crippen LogP contribution in [0, 0.1) is 0 Å². The number of fused-ring (bicyclic) bond motifs is 1. The van der Waals surface area contributed by atoms with Crippen LogP contribution in [0.4, 0.5) is 8.78 Å². The lowest BCUT2D eigenvalue weighted by molar-refractivity contribution is -0.0296. The summed E-state index contributed by atoms with van der Waals surface area (Å²) in [4.78, 5) is 0. The molecule has 0 amide bonds. The van der Waals surface area contributed by atoms with Crippen molar-refractivity contribution in [3.8, 4) is 0 Å². The number of aryl methyl sites for hydroxylation is 2. The Morgan fingerprint density at radius 2 is 1.72 bits per heavy atom. The number of alkyl halides is 2. The van der Waals surface area contributed by atoms with Gasteiger partial charge in [-0.05, 0) is 56.7 Å². The van der Waals surface area contributed by atoms with Crippen molar-refractivity contribution in [3.63, 3.8) is 0 Å². The molecule has 2 rings (SSSR count). The van der Waals surface area contributed by atoms with Gasteiger partial charge in [-0.2, -0.15) is 0 Å². The number of nitrogens with two attached hydrogens (primary N) is 1. The van der Waals surface area contributed by atoms with Crippen molar-refractivity contribution >= 4 is 0 Å². The molecule has 1 aromatic rings. The molecule has 0 fully saturated rings. The van der Waals surface area contributed by atoms with E-state index in [9.17, 15) is 8.78 Å². The van der Waals surface area contributed by atoms with Crippen LogP contribution in [0.25, 0.3) is 0 Å². The van der Waals surface area contributed by atoms with Crippen LogP contribution in [0.15, 0.2) is 18.2 Å². The van der Waals surface area contributed by atoms with Gasteiger partial charge < -0.3 is 5.73 Å². The predicted molar refractivity (Wildman–Crippen MR) is 69.9 cm³/mol. The average molecular weight is 253 g/mol. The van der Waals surface area contributed by atoms with E-state index in [-0.39, 0.29) is 12.0 Å². The maximum absolute atomic E-state index is 14.1. The van der Waals surface area contributed by atoms with Crippen molar-refractivity contribution < 1.29 is 8.78 Å². The van der Waals surface area contributed by atoms with Crippen molar-refractivity contribution in [3.05, 3.63) is 34.9 Å². The van der Waals surface area contributed by atoms with Crippen LogP contribution < -0.4 is 5.73 Å². The van der Waals surface area contributed by atoms with Crippen molar-refractivity contribution in [1.82, 2.24) is 0 Å². The minimum Gasteiger partial charge on any atom is -0.325 e. The summed E-state index contributed by atoms with van der Waals surface area (Å²) >= 11 is 0. The van der Waals surface area contributed by atoms with Gasteiger partial charge in [0.05, 0.1) is 0 Å². The molecule has 0 atom stereocenters. The van der Waals surface area contributed by atoms with E-state index >= 15 is 0 Å². The van der Waals surface area contributed by atoms with Gasteiger partial charge in [0.1, 0.15) is 0 Å². The lowest BCUT2D eigenvalue weighted by Crippen LogP contribution is -2.38. The summed E-state index contributed by atoms with van der Waals surface area (Å²) in [7, 11) is 0. The van der Waals surface area contributed by atoms with Gasteiger partial charge in [0.2, 0.25) is 0 Å². The van der Waals surface area contributed by atoms with Crippen LogP contribution in [0.5, 0.6) is 0 Å². The molecule has 0 radical (unpaired) electrons. The van der Waals surface area contributed by atoms with Gasteiger partial charge in [-0.25, -0.2) is 8.78 Å². The zero-order chi connectivity index (χ0) is 13.4. The Hall–Kier alpha value is -0.960. The molecule has 1 nitrogen and oxygen atoms in total. The fourth-order valence-corrected chi connectivity index (χ4v) is 2.64. The Morgan fingerprint density at radius 1 is 1.11 bits per heavy atom. The standard InChI is InChI=1S/C15H21F2N/c1-14(2,18)10-15(16,17)13-8-7-11-5-3-4-6-12(11)9-13/h7-9H,3-6,10,18H2,1-2H3. The van der Waals surface area contributed by atoms with E-state index < -0.39 is 11.5 Å². The SMILES string of the molecule is CC(C)(N)CC(F)(F)c1ccc2c(c1)CCCC2. The normalized spacial score (nSPS) is 16.5. The van der Waals surface area contributed by atoms with Gasteiger partial charge in [-0.3, -0.25) is 0 Å². The molecule has 0 spiro atoms. The van der Waals surface area contributed by atoms with Gasteiger partial charge in [0.15, 0.2) is 0 Å². The van der Waals surface area contributed by atoms with Crippen LogP contribution in [-0.2, 0) is 18.8 Å². The van der Waals surface area contributed by atoms with Crippen LogP contribution in [0.3, 0.4) is 0 Å². The molecule has 2 N–H and O–H groups in total. The molecular formula is C15H21F2N. The van der Waals surface area contributed by atoms with Crippen molar-refractivity contribution in [2.24, 2.45) is 5.73 Å². The number of hydrogen-bond acceptors (Lipinski definition) is 1. The zero-order valence-electron chi connectivity index (χ0n) is 11.1. The van der Waals surface area contributed by atoms with E-state index in [1.165, 1.54) is 12.0 Å². The Balaban J connectivity index is 2.27. The van der Waals surface area contributed by atoms with Crippen molar-refractivity contribution in [1.29, 1.82) is 0 Å². The fourth-order valence-electron chi connectivity index (χ4n) is 2.64. The molecule has 1 aliphatic rings. The first-order valence-electron chi connectivity index (χ1n) is 6.57. The van der Waals surface area contributed by atoms with Gasteiger partial charge in [0, 0.05) is 17.5 Å². The van der Waals surface area contributed by atoms with E-state index in [4.69, 9.17) is 5.73 Å². The predicted octanol–water partition coefficient (Wildman–Crippen LogP) is 3.78. The molecule has 100 valence electrons. The first-order valence-corrected chi connectivity index (χ1v) is 6.57. The first-order chi connectivity index (χ1) is 8.28. The molecule has 0 aromatic heterocycles. The molecule has 0 heterocycles. The highest BCUT2D eigenvalue weighted by Gasteiger charge is 2.37. The second kappa shape index (κ2) is 4.61. The Morgan fingerprint density at radius 3 is 2.33 bits per heavy atom. The van der Waals surface area contributed by atoms with E-state index in [1.54, 1.807) is 26.0 Å². The molecule has 0 bridgehead atoms. The summed E-state index contributed by atoms with van der Waals surface area (Å²) in [5.74, 6) is -2.84. The van der Waals surface area contributed by atoms with E-state index in [2.05, 4.69) is 0 Å². The lowest BCUT2D eigenvalue weighted by Gasteiger charge is -2.27. The van der Waals surface area contributed by atoms with Gasteiger partial charge in [0.25, 0.3) is 5.92 Å². The molecular weight excluding hydrogens is 232 g/mol. The van der Waals surface area contributed by atoms with Crippen LogP contribution in [-0.4, -0.2) is 5.54 Å². The zero-order valence-corrected chi connectivity index (χ0v) is 11.1. The second-order valence-electron chi connectivity index (χ2n) is 6.06. The Bertz CT molecular complexity index is 433.